The third-order valence-electron chi connectivity index (χ3n) is 2.88. The predicted molar refractivity (Wildman–Crippen MR) is 70.4 cm³/mol. The molecule has 0 aliphatic carbocycles. The van der Waals surface area contributed by atoms with Gasteiger partial charge in [0.15, 0.2) is 0 Å². The van der Waals surface area contributed by atoms with Crippen LogP contribution in [0.3, 0.4) is 0 Å². The summed E-state index contributed by atoms with van der Waals surface area (Å²) in [5, 5.41) is 0.631. The Morgan fingerprint density at radius 1 is 1.53 bits per heavy atom. The zero-order valence-electron chi connectivity index (χ0n) is 9.98. The molecule has 0 radical (unpaired) electrons. The number of anilines is 1. The number of para-hydroxylation sites is 1. The van der Waals surface area contributed by atoms with Crippen molar-refractivity contribution in [1.82, 2.24) is 9.55 Å². The minimum absolute atomic E-state index is 0.235. The van der Waals surface area contributed by atoms with Crippen molar-refractivity contribution in [3.8, 4) is 0 Å². The highest BCUT2D eigenvalue weighted by molar-refractivity contribution is 6.35. The number of aromatic nitrogens is 2. The average Bonchev–Trinajstić information content (AvgIpc) is 2.64. The molecule has 0 spiro atoms. The number of hydrogen-bond donors (Lipinski definition) is 1. The molecule has 0 amide bonds. The molecule has 17 heavy (non-hydrogen) atoms. The van der Waals surface area contributed by atoms with Crippen LogP contribution >= 0.6 is 11.6 Å². The molecule has 1 atom stereocenters. The summed E-state index contributed by atoms with van der Waals surface area (Å²) >= 11 is 6.10. The summed E-state index contributed by atoms with van der Waals surface area (Å²) in [6.07, 6.45) is 0.888. The summed E-state index contributed by atoms with van der Waals surface area (Å²) in [4.78, 5) is 4.31. The molecular formula is C12H16ClN3O. The lowest BCUT2D eigenvalue weighted by molar-refractivity contribution is 0.182. The molecule has 1 aromatic heterocycles. The highest BCUT2D eigenvalue weighted by Crippen LogP contribution is 2.28. The van der Waals surface area contributed by atoms with E-state index in [4.69, 9.17) is 22.1 Å². The smallest absolute Gasteiger partial charge is 0.201 e. The molecule has 1 aromatic carbocycles. The number of benzene rings is 1. The molecule has 1 unspecified atom stereocenters. The fraction of sp³-hybridized carbons (Fsp3) is 0.417. The highest BCUT2D eigenvalue weighted by Gasteiger charge is 2.15. The maximum absolute atomic E-state index is 6.10. The minimum Gasteiger partial charge on any atom is -0.385 e. The Labute approximate surface area is 105 Å². The van der Waals surface area contributed by atoms with Gasteiger partial charge in [0.2, 0.25) is 5.95 Å². The number of rotatable bonds is 4. The average molecular weight is 254 g/mol. The lowest BCUT2D eigenvalue weighted by Crippen LogP contribution is -2.10. The molecule has 4 nitrogen and oxygen atoms in total. The number of ether oxygens (including phenoxy) is 1. The van der Waals surface area contributed by atoms with E-state index in [0.717, 1.165) is 17.5 Å². The second-order valence-corrected chi connectivity index (χ2v) is 4.49. The van der Waals surface area contributed by atoms with Gasteiger partial charge in [-0.2, -0.15) is 0 Å². The fourth-order valence-electron chi connectivity index (χ4n) is 1.98. The topological polar surface area (TPSA) is 53.1 Å². The van der Waals surface area contributed by atoms with E-state index in [1.54, 1.807) is 7.11 Å². The van der Waals surface area contributed by atoms with Crippen molar-refractivity contribution in [1.29, 1.82) is 0 Å². The van der Waals surface area contributed by atoms with Crippen molar-refractivity contribution in [3.05, 3.63) is 23.2 Å². The molecule has 2 aromatic rings. The molecule has 2 rings (SSSR count). The van der Waals surface area contributed by atoms with Crippen LogP contribution in [-0.4, -0.2) is 23.3 Å². The summed E-state index contributed by atoms with van der Waals surface area (Å²) < 4.78 is 7.09. The number of nitrogen functional groups attached to an aromatic ring is 1. The van der Waals surface area contributed by atoms with Crippen molar-refractivity contribution >= 4 is 28.6 Å². The molecule has 0 saturated carbocycles. The van der Waals surface area contributed by atoms with Gasteiger partial charge in [0, 0.05) is 19.8 Å². The van der Waals surface area contributed by atoms with Gasteiger partial charge < -0.3 is 15.0 Å². The van der Waals surface area contributed by atoms with E-state index in [0.29, 0.717) is 17.6 Å². The van der Waals surface area contributed by atoms with Crippen LogP contribution in [0.4, 0.5) is 5.95 Å². The summed E-state index contributed by atoms with van der Waals surface area (Å²) in [6, 6.07) is 5.94. The van der Waals surface area contributed by atoms with Crippen molar-refractivity contribution in [2.24, 2.45) is 0 Å². The first-order valence-corrected chi connectivity index (χ1v) is 5.93. The zero-order valence-corrected chi connectivity index (χ0v) is 10.7. The van der Waals surface area contributed by atoms with Gasteiger partial charge in [-0.25, -0.2) is 4.98 Å². The third-order valence-corrected chi connectivity index (χ3v) is 3.18. The molecule has 1 heterocycles. The second kappa shape index (κ2) is 4.94. The van der Waals surface area contributed by atoms with E-state index in [1.165, 1.54) is 0 Å². The second-order valence-electron chi connectivity index (χ2n) is 4.08. The van der Waals surface area contributed by atoms with Crippen LogP contribution in [0, 0.1) is 0 Å². The van der Waals surface area contributed by atoms with Crippen molar-refractivity contribution in [3.63, 3.8) is 0 Å². The van der Waals surface area contributed by atoms with E-state index < -0.39 is 0 Å². The molecule has 5 heteroatoms. The Kier molecular flexibility index (Phi) is 3.54. The number of methoxy groups -OCH3 is 1. The van der Waals surface area contributed by atoms with Crippen molar-refractivity contribution in [2.45, 2.75) is 19.4 Å². The molecule has 0 aliphatic heterocycles. The van der Waals surface area contributed by atoms with E-state index in [-0.39, 0.29) is 6.04 Å². The van der Waals surface area contributed by atoms with Crippen molar-refractivity contribution in [2.75, 3.05) is 19.5 Å². The highest BCUT2D eigenvalue weighted by atomic mass is 35.5. The number of nitrogens with zero attached hydrogens (tertiary/aromatic N) is 2. The van der Waals surface area contributed by atoms with Crippen LogP contribution in [0.25, 0.3) is 11.0 Å². The van der Waals surface area contributed by atoms with Gasteiger partial charge in [0.25, 0.3) is 0 Å². The van der Waals surface area contributed by atoms with Gasteiger partial charge >= 0.3 is 0 Å². The van der Waals surface area contributed by atoms with Crippen LogP contribution in [0.1, 0.15) is 19.4 Å². The van der Waals surface area contributed by atoms with Gasteiger partial charge in [-0.3, -0.25) is 0 Å². The molecule has 0 fully saturated rings. The number of nitrogens with two attached hydrogens (primary N) is 1. The molecule has 0 aliphatic rings. The Morgan fingerprint density at radius 2 is 2.29 bits per heavy atom. The van der Waals surface area contributed by atoms with Crippen LogP contribution < -0.4 is 5.73 Å². The SMILES string of the molecule is COCCC(C)n1c(N)nc2c(Cl)cccc21. The lowest BCUT2D eigenvalue weighted by atomic mass is 10.2. The zero-order chi connectivity index (χ0) is 12.4. The first-order valence-electron chi connectivity index (χ1n) is 5.56. The van der Waals surface area contributed by atoms with E-state index in [1.807, 2.05) is 22.8 Å². The Morgan fingerprint density at radius 3 is 3.00 bits per heavy atom. The van der Waals surface area contributed by atoms with E-state index in [2.05, 4.69) is 11.9 Å². The Bertz CT molecular complexity index is 524. The third kappa shape index (κ3) is 2.23. The van der Waals surface area contributed by atoms with Crippen molar-refractivity contribution < 1.29 is 4.74 Å². The number of fused-ring (bicyclic) bond motifs is 1. The number of hydrogen-bond acceptors (Lipinski definition) is 3. The maximum Gasteiger partial charge on any atom is 0.201 e. The summed E-state index contributed by atoms with van der Waals surface area (Å²) in [5.41, 5.74) is 7.68. The monoisotopic (exact) mass is 253 g/mol. The molecular weight excluding hydrogens is 238 g/mol. The predicted octanol–water partition coefficient (Wildman–Crippen LogP) is 2.87. The molecule has 92 valence electrons. The van der Waals surface area contributed by atoms with E-state index in [9.17, 15) is 0 Å². The molecule has 0 saturated heterocycles. The van der Waals surface area contributed by atoms with Gasteiger partial charge in [-0.1, -0.05) is 17.7 Å². The quantitative estimate of drug-likeness (QED) is 0.912. The fourth-order valence-corrected chi connectivity index (χ4v) is 2.19. The first kappa shape index (κ1) is 12.2. The minimum atomic E-state index is 0.235. The normalized spacial score (nSPS) is 13.1. The maximum atomic E-state index is 6.10. The standard InChI is InChI=1S/C12H16ClN3O/c1-8(6-7-17-2)16-10-5-3-4-9(13)11(10)15-12(16)14/h3-5,8H,6-7H2,1-2H3,(H2,14,15). The largest absolute Gasteiger partial charge is 0.385 e. The van der Waals surface area contributed by atoms with E-state index >= 15 is 0 Å². The molecule has 2 N–H and O–H groups in total. The van der Waals surface area contributed by atoms with Crippen LogP contribution in [0.5, 0.6) is 0 Å². The first-order chi connectivity index (χ1) is 8.15. The lowest BCUT2D eigenvalue weighted by Gasteiger charge is -2.15. The number of halogens is 1. The van der Waals surface area contributed by atoms with Crippen LogP contribution in [0.2, 0.25) is 5.02 Å². The summed E-state index contributed by atoms with van der Waals surface area (Å²) in [7, 11) is 1.69. The Hall–Kier alpha value is -1.26. The van der Waals surface area contributed by atoms with Gasteiger partial charge in [0.05, 0.1) is 10.5 Å². The number of imidazole rings is 1. The van der Waals surface area contributed by atoms with Crippen LogP contribution in [0.15, 0.2) is 18.2 Å². The van der Waals surface area contributed by atoms with Crippen LogP contribution in [-0.2, 0) is 4.74 Å². The van der Waals surface area contributed by atoms with Gasteiger partial charge in [0.1, 0.15) is 5.52 Å². The van der Waals surface area contributed by atoms with Gasteiger partial charge in [-0.15, -0.1) is 0 Å². The van der Waals surface area contributed by atoms with Gasteiger partial charge in [-0.05, 0) is 25.5 Å². The molecule has 0 bridgehead atoms. The summed E-state index contributed by atoms with van der Waals surface area (Å²) in [6.45, 7) is 2.79. The summed E-state index contributed by atoms with van der Waals surface area (Å²) in [5.74, 6) is 0.497. The Balaban J connectivity index is 2.46.